The van der Waals surface area contributed by atoms with Gasteiger partial charge in [0.1, 0.15) is 5.75 Å². The van der Waals surface area contributed by atoms with Crippen LogP contribution in [-0.2, 0) is 4.79 Å². The number of pyridine rings is 1. The first-order valence-corrected chi connectivity index (χ1v) is 8.33. The standard InChI is InChI=1S/C16H13F3N4O2S/c1-10(26-15-22-21-13-4-2-3-9-23(13)15)14(24)20-11-5-7-12(8-6-11)25-16(17,18)19/h2-10H,1H3,(H,20,24)/t10-/m1/s1. The number of hydrogen-bond donors (Lipinski definition) is 1. The summed E-state index contributed by atoms with van der Waals surface area (Å²) in [5.41, 5.74) is 1.03. The zero-order chi connectivity index (χ0) is 18.7. The van der Waals surface area contributed by atoms with Crippen LogP contribution in [0.25, 0.3) is 5.65 Å². The number of alkyl halides is 3. The quantitative estimate of drug-likeness (QED) is 0.681. The fourth-order valence-electron chi connectivity index (χ4n) is 2.10. The number of halogens is 3. The molecule has 1 aromatic carbocycles. The third kappa shape index (κ3) is 4.45. The highest BCUT2D eigenvalue weighted by molar-refractivity contribution is 8.00. The highest BCUT2D eigenvalue weighted by Gasteiger charge is 2.31. The normalized spacial score (nSPS) is 12.8. The number of thioether (sulfide) groups is 1. The summed E-state index contributed by atoms with van der Waals surface area (Å²) in [6, 6.07) is 10.4. The smallest absolute Gasteiger partial charge is 0.406 e. The summed E-state index contributed by atoms with van der Waals surface area (Å²) in [7, 11) is 0. The lowest BCUT2D eigenvalue weighted by molar-refractivity contribution is -0.274. The van der Waals surface area contributed by atoms with Crippen LogP contribution in [-0.4, -0.2) is 32.1 Å². The van der Waals surface area contributed by atoms with Crippen LogP contribution in [0.5, 0.6) is 5.75 Å². The molecule has 0 fully saturated rings. The molecular formula is C16H13F3N4O2S. The second-order valence-electron chi connectivity index (χ2n) is 5.23. The number of aromatic nitrogens is 3. The summed E-state index contributed by atoms with van der Waals surface area (Å²) < 4.78 is 42.0. The Morgan fingerprint density at radius 1 is 1.19 bits per heavy atom. The van der Waals surface area contributed by atoms with Crippen molar-refractivity contribution >= 4 is 29.0 Å². The minimum Gasteiger partial charge on any atom is -0.406 e. The minimum absolute atomic E-state index is 0.313. The average Bonchev–Trinajstić information content (AvgIpc) is 2.98. The molecule has 3 rings (SSSR count). The third-order valence-corrected chi connectivity index (χ3v) is 4.35. The van der Waals surface area contributed by atoms with Crippen LogP contribution in [0.1, 0.15) is 6.92 Å². The number of anilines is 1. The van der Waals surface area contributed by atoms with Crippen LogP contribution >= 0.6 is 11.8 Å². The molecule has 0 spiro atoms. The van der Waals surface area contributed by atoms with Crippen molar-refractivity contribution in [1.29, 1.82) is 0 Å². The van der Waals surface area contributed by atoms with Crippen molar-refractivity contribution in [3.8, 4) is 5.75 Å². The van der Waals surface area contributed by atoms with E-state index in [4.69, 9.17) is 0 Å². The van der Waals surface area contributed by atoms with Crippen LogP contribution in [0.15, 0.2) is 53.8 Å². The van der Waals surface area contributed by atoms with Crippen molar-refractivity contribution in [3.63, 3.8) is 0 Å². The van der Waals surface area contributed by atoms with E-state index >= 15 is 0 Å². The van der Waals surface area contributed by atoms with Crippen molar-refractivity contribution in [1.82, 2.24) is 14.6 Å². The Hall–Kier alpha value is -2.75. The molecule has 0 aliphatic rings. The second-order valence-corrected chi connectivity index (χ2v) is 6.54. The molecule has 1 N–H and O–H groups in total. The molecule has 0 aliphatic carbocycles. The van der Waals surface area contributed by atoms with E-state index < -0.39 is 11.6 Å². The number of ether oxygens (including phenoxy) is 1. The molecule has 26 heavy (non-hydrogen) atoms. The third-order valence-electron chi connectivity index (χ3n) is 3.29. The van der Waals surface area contributed by atoms with Gasteiger partial charge in [-0.3, -0.25) is 9.20 Å². The number of fused-ring (bicyclic) bond motifs is 1. The van der Waals surface area contributed by atoms with Crippen molar-refractivity contribution in [2.75, 3.05) is 5.32 Å². The molecule has 2 heterocycles. The van der Waals surface area contributed by atoms with Gasteiger partial charge in [-0.2, -0.15) is 0 Å². The highest BCUT2D eigenvalue weighted by atomic mass is 32.2. The summed E-state index contributed by atoms with van der Waals surface area (Å²) in [5.74, 6) is -0.667. The highest BCUT2D eigenvalue weighted by Crippen LogP contribution is 2.25. The van der Waals surface area contributed by atoms with Gasteiger partial charge in [0, 0.05) is 11.9 Å². The van der Waals surface area contributed by atoms with Gasteiger partial charge >= 0.3 is 6.36 Å². The van der Waals surface area contributed by atoms with Crippen molar-refractivity contribution in [2.24, 2.45) is 0 Å². The van der Waals surface area contributed by atoms with E-state index in [-0.39, 0.29) is 11.7 Å². The number of carbonyl (C=O) groups is 1. The molecular weight excluding hydrogens is 369 g/mol. The van der Waals surface area contributed by atoms with Gasteiger partial charge in [-0.1, -0.05) is 17.8 Å². The number of rotatable bonds is 5. The maximum absolute atomic E-state index is 12.3. The summed E-state index contributed by atoms with van der Waals surface area (Å²) in [5, 5.41) is 10.8. The van der Waals surface area contributed by atoms with Crippen LogP contribution < -0.4 is 10.1 Å². The summed E-state index contributed by atoms with van der Waals surface area (Å²) in [6.45, 7) is 1.70. The Morgan fingerprint density at radius 2 is 1.92 bits per heavy atom. The van der Waals surface area contributed by atoms with E-state index in [0.717, 1.165) is 12.1 Å². The van der Waals surface area contributed by atoms with Crippen molar-refractivity contribution < 1.29 is 22.7 Å². The zero-order valence-corrected chi connectivity index (χ0v) is 14.2. The fraction of sp³-hybridized carbons (Fsp3) is 0.188. The molecule has 2 aromatic heterocycles. The molecule has 0 aliphatic heterocycles. The first-order valence-electron chi connectivity index (χ1n) is 7.45. The van der Waals surface area contributed by atoms with Gasteiger partial charge in [0.05, 0.1) is 5.25 Å². The predicted molar refractivity (Wildman–Crippen MR) is 90.1 cm³/mol. The zero-order valence-electron chi connectivity index (χ0n) is 13.4. The van der Waals surface area contributed by atoms with E-state index in [1.54, 1.807) is 23.6 Å². The largest absolute Gasteiger partial charge is 0.573 e. The lowest BCUT2D eigenvalue weighted by Crippen LogP contribution is -2.22. The summed E-state index contributed by atoms with van der Waals surface area (Å²) in [6.07, 6.45) is -2.96. The second kappa shape index (κ2) is 7.24. The van der Waals surface area contributed by atoms with Crippen molar-refractivity contribution in [3.05, 3.63) is 48.7 Å². The first-order chi connectivity index (χ1) is 12.3. The Morgan fingerprint density at radius 3 is 2.62 bits per heavy atom. The van der Waals surface area contributed by atoms with E-state index in [2.05, 4.69) is 20.3 Å². The van der Waals surface area contributed by atoms with E-state index in [1.807, 2.05) is 12.1 Å². The maximum atomic E-state index is 12.3. The first kappa shape index (κ1) is 18.1. The summed E-state index contributed by atoms with van der Waals surface area (Å²) >= 11 is 1.22. The van der Waals surface area contributed by atoms with Gasteiger partial charge in [0.15, 0.2) is 10.8 Å². The monoisotopic (exact) mass is 382 g/mol. The van der Waals surface area contributed by atoms with Gasteiger partial charge in [-0.05, 0) is 43.3 Å². The molecule has 1 atom stereocenters. The molecule has 136 valence electrons. The van der Waals surface area contributed by atoms with Gasteiger partial charge < -0.3 is 10.1 Å². The predicted octanol–water partition coefficient (Wildman–Crippen LogP) is 3.75. The van der Waals surface area contributed by atoms with E-state index in [0.29, 0.717) is 16.5 Å². The lowest BCUT2D eigenvalue weighted by Gasteiger charge is -2.12. The van der Waals surface area contributed by atoms with E-state index in [9.17, 15) is 18.0 Å². The molecule has 0 unspecified atom stereocenters. The molecule has 6 nitrogen and oxygen atoms in total. The molecule has 0 bridgehead atoms. The van der Waals surface area contributed by atoms with Gasteiger partial charge in [0.2, 0.25) is 5.91 Å². The van der Waals surface area contributed by atoms with Crippen molar-refractivity contribution in [2.45, 2.75) is 23.7 Å². The van der Waals surface area contributed by atoms with Gasteiger partial charge in [-0.25, -0.2) is 0 Å². The van der Waals surface area contributed by atoms with Gasteiger partial charge in [-0.15, -0.1) is 23.4 Å². The Labute approximate surface area is 150 Å². The van der Waals surface area contributed by atoms with Crippen LogP contribution in [0.2, 0.25) is 0 Å². The fourth-order valence-corrected chi connectivity index (χ4v) is 2.93. The number of nitrogens with zero attached hydrogens (tertiary/aromatic N) is 3. The molecule has 3 aromatic rings. The van der Waals surface area contributed by atoms with Crippen LogP contribution in [0.4, 0.5) is 18.9 Å². The number of carbonyl (C=O) groups excluding carboxylic acids is 1. The SMILES string of the molecule is C[C@@H](Sc1nnc2ccccn12)C(=O)Nc1ccc(OC(F)(F)F)cc1. The topological polar surface area (TPSA) is 68.5 Å². The number of nitrogens with one attached hydrogen (secondary N) is 1. The molecule has 0 radical (unpaired) electrons. The Kier molecular flexibility index (Phi) is 5.03. The average molecular weight is 382 g/mol. The van der Waals surface area contributed by atoms with Crippen LogP contribution in [0.3, 0.4) is 0 Å². The molecule has 0 saturated heterocycles. The number of benzene rings is 1. The van der Waals surface area contributed by atoms with Crippen LogP contribution in [0, 0.1) is 0 Å². The summed E-state index contributed by atoms with van der Waals surface area (Å²) in [4.78, 5) is 12.3. The molecule has 0 saturated carbocycles. The number of hydrogen-bond acceptors (Lipinski definition) is 5. The molecule has 10 heteroatoms. The Balaban J connectivity index is 1.62. The van der Waals surface area contributed by atoms with Gasteiger partial charge in [0.25, 0.3) is 0 Å². The van der Waals surface area contributed by atoms with E-state index in [1.165, 1.54) is 23.9 Å². The Bertz CT molecular complexity index is 912. The minimum atomic E-state index is -4.75. The molecule has 1 amide bonds. The maximum Gasteiger partial charge on any atom is 0.573 e. The number of amides is 1. The lowest BCUT2D eigenvalue weighted by atomic mass is 10.3.